The number of carbonyl (C=O) groups is 2. The molecule has 0 aliphatic carbocycles. The monoisotopic (exact) mass is 554 g/mol. The molecule has 1 atom stereocenters. The smallest absolute Gasteiger partial charge is 0.257 e. The Kier molecular flexibility index (Phi) is 8.61. The lowest BCUT2D eigenvalue weighted by atomic mass is 10.0. The third-order valence-electron chi connectivity index (χ3n) is 7.36. The van der Waals surface area contributed by atoms with E-state index in [-0.39, 0.29) is 24.6 Å². The van der Waals surface area contributed by atoms with Crippen LogP contribution in [-0.4, -0.2) is 81.4 Å². The number of ether oxygens (including phenoxy) is 3. The quantitative estimate of drug-likeness (QED) is 0.358. The number of para-hydroxylation sites is 1. The third kappa shape index (κ3) is 5.72. The molecule has 1 aromatic carbocycles. The van der Waals surface area contributed by atoms with Crippen molar-refractivity contribution in [2.45, 2.75) is 38.0 Å². The Morgan fingerprint density at radius 2 is 2.05 bits per heavy atom. The van der Waals surface area contributed by atoms with Crippen LogP contribution in [0.3, 0.4) is 0 Å². The molecule has 39 heavy (non-hydrogen) atoms. The number of benzene rings is 1. The van der Waals surface area contributed by atoms with Gasteiger partial charge in [0.25, 0.3) is 5.91 Å². The van der Waals surface area contributed by atoms with Crippen LogP contribution in [0.4, 0.5) is 5.00 Å². The number of hydrogen-bond donors (Lipinski definition) is 1. The van der Waals surface area contributed by atoms with Crippen molar-refractivity contribution in [2.75, 3.05) is 51.9 Å². The molecule has 4 heterocycles. The largest absolute Gasteiger partial charge is 0.496 e. The Morgan fingerprint density at radius 3 is 2.69 bits per heavy atom. The van der Waals surface area contributed by atoms with Gasteiger partial charge in [0.1, 0.15) is 23.1 Å². The molecule has 10 nitrogen and oxygen atoms in total. The minimum atomic E-state index is -0.487. The molecule has 2 saturated heterocycles. The summed E-state index contributed by atoms with van der Waals surface area (Å²) < 4.78 is 23.4. The summed E-state index contributed by atoms with van der Waals surface area (Å²) in [6, 6.07) is 7.76. The van der Waals surface area contributed by atoms with E-state index in [2.05, 4.69) is 10.3 Å². The summed E-state index contributed by atoms with van der Waals surface area (Å²) in [5, 5.41) is 3.75. The van der Waals surface area contributed by atoms with Crippen molar-refractivity contribution in [1.82, 2.24) is 15.2 Å². The van der Waals surface area contributed by atoms with E-state index in [0.717, 1.165) is 43.5 Å². The predicted molar refractivity (Wildman–Crippen MR) is 147 cm³/mol. The summed E-state index contributed by atoms with van der Waals surface area (Å²) in [4.78, 5) is 34.9. The van der Waals surface area contributed by atoms with Crippen LogP contribution in [-0.2, 0) is 14.3 Å². The summed E-state index contributed by atoms with van der Waals surface area (Å²) in [5.41, 5.74) is 2.04. The number of thiophene rings is 1. The Balaban J connectivity index is 1.53. The predicted octanol–water partition coefficient (Wildman–Crippen LogP) is 3.66. The molecule has 0 spiro atoms. The maximum atomic E-state index is 13.8. The molecular weight excluding hydrogens is 520 g/mol. The molecule has 2 fully saturated rings. The van der Waals surface area contributed by atoms with Gasteiger partial charge in [-0.1, -0.05) is 18.2 Å². The molecule has 2 aliphatic rings. The van der Waals surface area contributed by atoms with Crippen molar-refractivity contribution in [2.24, 2.45) is 0 Å². The van der Waals surface area contributed by atoms with Crippen molar-refractivity contribution in [3.05, 3.63) is 53.4 Å². The van der Waals surface area contributed by atoms with Crippen LogP contribution < -0.4 is 15.0 Å². The highest BCUT2D eigenvalue weighted by Crippen LogP contribution is 2.43. The zero-order chi connectivity index (χ0) is 27.4. The average Bonchev–Trinajstić information content (AvgIpc) is 3.58. The van der Waals surface area contributed by atoms with Gasteiger partial charge < -0.3 is 33.7 Å². The molecule has 1 unspecified atom stereocenters. The first kappa shape index (κ1) is 27.3. The van der Waals surface area contributed by atoms with Gasteiger partial charge in [-0.25, -0.2) is 4.98 Å². The second-order valence-corrected chi connectivity index (χ2v) is 10.7. The Morgan fingerprint density at radius 1 is 1.28 bits per heavy atom. The Hall–Kier alpha value is -3.25. The van der Waals surface area contributed by atoms with Crippen molar-refractivity contribution < 1.29 is 28.2 Å². The maximum Gasteiger partial charge on any atom is 0.257 e. The lowest BCUT2D eigenvalue weighted by Gasteiger charge is -2.36. The van der Waals surface area contributed by atoms with Gasteiger partial charge in [0.05, 0.1) is 42.4 Å². The van der Waals surface area contributed by atoms with Crippen LogP contribution in [0.5, 0.6) is 5.75 Å². The fourth-order valence-electron chi connectivity index (χ4n) is 4.93. The van der Waals surface area contributed by atoms with E-state index in [1.165, 1.54) is 17.6 Å². The molecule has 5 rings (SSSR count). The molecule has 2 aromatic heterocycles. The van der Waals surface area contributed by atoms with Crippen molar-refractivity contribution in [3.8, 4) is 16.5 Å². The van der Waals surface area contributed by atoms with Gasteiger partial charge in [-0.3, -0.25) is 9.59 Å². The van der Waals surface area contributed by atoms with Gasteiger partial charge in [0.15, 0.2) is 0 Å². The van der Waals surface area contributed by atoms with Gasteiger partial charge in [0.2, 0.25) is 12.3 Å². The number of hydrogen-bond acceptors (Lipinski definition) is 9. The van der Waals surface area contributed by atoms with Crippen molar-refractivity contribution in [3.63, 3.8) is 0 Å². The first-order valence-electron chi connectivity index (χ1n) is 13.1. The molecule has 0 bridgehead atoms. The second-order valence-electron chi connectivity index (χ2n) is 9.74. The van der Waals surface area contributed by atoms with E-state index >= 15 is 0 Å². The average molecular weight is 555 g/mol. The van der Waals surface area contributed by atoms with Gasteiger partial charge in [0, 0.05) is 38.9 Å². The fourth-order valence-corrected chi connectivity index (χ4v) is 6.14. The van der Waals surface area contributed by atoms with E-state index in [1.807, 2.05) is 31.2 Å². The molecule has 3 aromatic rings. The molecule has 2 aliphatic heterocycles. The first-order valence-corrected chi connectivity index (χ1v) is 13.9. The van der Waals surface area contributed by atoms with E-state index in [9.17, 15) is 9.59 Å². The maximum absolute atomic E-state index is 13.8. The van der Waals surface area contributed by atoms with Crippen LogP contribution in [0.15, 0.2) is 41.1 Å². The number of methoxy groups -OCH3 is 1. The number of likely N-dealkylation sites (N-methyl/N-ethyl adjacent to an activating group) is 1. The van der Waals surface area contributed by atoms with Crippen molar-refractivity contribution >= 4 is 28.7 Å². The Bertz CT molecular complexity index is 1270. The van der Waals surface area contributed by atoms with E-state index in [0.29, 0.717) is 40.3 Å². The highest BCUT2D eigenvalue weighted by atomic mass is 32.1. The molecule has 208 valence electrons. The normalized spacial score (nSPS) is 16.9. The number of carbonyl (C=O) groups excluding carboxylic acids is 2. The van der Waals surface area contributed by atoms with E-state index < -0.39 is 6.10 Å². The van der Waals surface area contributed by atoms with E-state index in [1.54, 1.807) is 30.2 Å². The number of nitrogens with one attached hydrogen (secondary N) is 1. The Labute approximate surface area is 231 Å². The molecule has 11 heteroatoms. The summed E-state index contributed by atoms with van der Waals surface area (Å²) in [6.45, 7) is 4.80. The zero-order valence-electron chi connectivity index (χ0n) is 22.4. The standard InChI is InChI=1S/C28H34N4O6S/c1-18-24(27(34)31(2)19-14-29-15-19)28(39-25(18)26-30-10-13-37-26)32(17-33)16-23(38-20-8-11-36-12-9-20)21-6-4-5-7-22(21)35-3/h4-7,10,13,17,19-20,23,29H,8-9,11-12,14-16H2,1-3H3. The number of aromatic nitrogens is 1. The van der Waals surface area contributed by atoms with Gasteiger partial charge in [-0.05, 0) is 31.4 Å². The number of rotatable bonds is 11. The number of nitrogens with zero attached hydrogens (tertiary/aromatic N) is 3. The molecular formula is C28H34N4O6S. The summed E-state index contributed by atoms with van der Waals surface area (Å²) >= 11 is 1.32. The second kappa shape index (κ2) is 12.3. The third-order valence-corrected chi connectivity index (χ3v) is 8.67. The minimum absolute atomic E-state index is 0.0199. The highest BCUT2D eigenvalue weighted by Gasteiger charge is 2.34. The summed E-state index contributed by atoms with van der Waals surface area (Å²) in [7, 11) is 3.42. The minimum Gasteiger partial charge on any atom is -0.496 e. The molecule has 0 radical (unpaired) electrons. The van der Waals surface area contributed by atoms with Gasteiger partial charge in [-0.2, -0.15) is 0 Å². The lowest BCUT2D eigenvalue weighted by molar-refractivity contribution is -0.108. The SMILES string of the molecule is COc1ccccc1C(CN(C=O)c1sc(-c2ncco2)c(C)c1C(=O)N(C)C1CNC1)OC1CCOCC1. The summed E-state index contributed by atoms with van der Waals surface area (Å²) in [5.74, 6) is 0.946. The van der Waals surface area contributed by atoms with Crippen LogP contribution >= 0.6 is 11.3 Å². The van der Waals surface area contributed by atoms with Gasteiger partial charge in [-0.15, -0.1) is 11.3 Å². The van der Waals surface area contributed by atoms with Crippen LogP contribution in [0.2, 0.25) is 0 Å². The zero-order valence-corrected chi connectivity index (χ0v) is 23.2. The number of oxazole rings is 1. The molecule has 2 amide bonds. The van der Waals surface area contributed by atoms with Crippen LogP contribution in [0.1, 0.15) is 40.4 Å². The number of amides is 2. The molecule has 1 N–H and O–H groups in total. The van der Waals surface area contributed by atoms with Gasteiger partial charge >= 0.3 is 0 Å². The lowest BCUT2D eigenvalue weighted by Crippen LogP contribution is -2.57. The topological polar surface area (TPSA) is 106 Å². The van der Waals surface area contributed by atoms with Crippen molar-refractivity contribution in [1.29, 1.82) is 0 Å². The van der Waals surface area contributed by atoms with Crippen LogP contribution in [0.25, 0.3) is 10.8 Å². The number of anilines is 1. The first-order chi connectivity index (χ1) is 19.0. The van der Waals surface area contributed by atoms with Crippen LogP contribution in [0, 0.1) is 6.92 Å². The fraction of sp³-hybridized carbons (Fsp3) is 0.464. The van der Waals surface area contributed by atoms with E-state index in [4.69, 9.17) is 18.6 Å². The summed E-state index contributed by atoms with van der Waals surface area (Å²) in [6.07, 6.45) is 4.86. The molecule has 0 saturated carbocycles. The highest BCUT2D eigenvalue weighted by molar-refractivity contribution is 7.20.